The molecule has 0 saturated carbocycles. The molecule has 0 saturated heterocycles. The second-order valence-electron chi connectivity index (χ2n) is 16.9. The molecule has 7 rings (SSSR count). The Hall–Kier alpha value is -9.20. The number of benzene rings is 5. The Balaban J connectivity index is 0.00000588. The van der Waals surface area contributed by atoms with Crippen LogP contribution in [0.2, 0.25) is 0 Å². The molecular weight excluding hydrogens is 1650 g/mol. The summed E-state index contributed by atoms with van der Waals surface area (Å²) in [7, 11) is -2.32. The number of aromatic nitrogens is 2. The maximum absolute atomic E-state index is 13.4. The van der Waals surface area contributed by atoms with Crippen molar-refractivity contribution in [2.75, 3.05) is 62.5 Å². The maximum atomic E-state index is 13.4. The van der Waals surface area contributed by atoms with Gasteiger partial charge in [-0.1, -0.05) is 110 Å². The molecule has 6 aromatic rings. The van der Waals surface area contributed by atoms with E-state index in [9.17, 15) is 28.5 Å². The van der Waals surface area contributed by atoms with Gasteiger partial charge in [0, 0.05) is 51.3 Å². The molecule has 1 heterocycles. The van der Waals surface area contributed by atoms with Crippen LogP contribution in [0, 0.1) is 11.8 Å². The molecule has 1 aromatic heterocycles. The normalized spacial score (nSPS) is 11.7. The van der Waals surface area contributed by atoms with Crippen LogP contribution in [0.4, 0.5) is 26.8 Å². The molecule has 1 aliphatic carbocycles. The Kier molecular flexibility index (Phi) is 23.2. The van der Waals surface area contributed by atoms with Crippen molar-refractivity contribution in [2.24, 2.45) is 0 Å². The Morgan fingerprint density at radius 1 is 0.838 bits per heavy atom. The number of hydrogen-bond donors (Lipinski definition) is 8. The number of carboxylic acids is 1. The number of rotatable bonds is 27. The van der Waals surface area contributed by atoms with E-state index in [1.165, 1.54) is 27.9 Å². The number of fused-ring (bicyclic) bond motifs is 4. The van der Waals surface area contributed by atoms with Crippen LogP contribution in [-0.2, 0) is 50.7 Å². The van der Waals surface area contributed by atoms with Gasteiger partial charge in [-0.15, -0.1) is 0 Å². The zero-order valence-corrected chi connectivity index (χ0v) is 51.2. The summed E-state index contributed by atoms with van der Waals surface area (Å²) in [5.74, 6) is 3.29. The van der Waals surface area contributed by atoms with Gasteiger partial charge in [-0.2, -0.15) is 0 Å². The van der Waals surface area contributed by atoms with Crippen molar-refractivity contribution in [3.63, 3.8) is 0 Å². The zero-order chi connectivity index (χ0) is 55.4. The minimum Gasteiger partial charge on any atom is -0.491 e. The molecule has 0 bridgehead atoms. The van der Waals surface area contributed by atoms with Crippen LogP contribution in [0.5, 0.6) is 5.75 Å². The molecule has 0 aliphatic heterocycles. The monoisotopic (exact) mass is 1700 g/mol. The maximum Gasteiger partial charge on any atom is 0.469 e. The summed E-state index contributed by atoms with van der Waals surface area (Å²) in [5, 5.41) is 23.7. The summed E-state index contributed by atoms with van der Waals surface area (Å²) >= 11 is 3.47. The minimum absolute atomic E-state index is 0. The fourth-order valence-corrected chi connectivity index (χ4v) is 11.1. The summed E-state index contributed by atoms with van der Waals surface area (Å²) in [6, 6.07) is 30.7. The van der Waals surface area contributed by atoms with E-state index in [1.54, 1.807) is 37.3 Å². The summed E-state index contributed by atoms with van der Waals surface area (Å²) in [4.78, 5) is 91.1. The number of carbonyl (C=O) groups is 5. The standard InChI is InChI=1S/C53H53BrN7O14PS2.2Fm/c1-2-9-48(62)60-44-26-41-43(57-32-58-50(41)59-36-11-7-10-35(54)25-36)27-46(44)72-21-8-19-56-52(66)73-28-33-16-17-47(34(24-33)18-22-71-30-49(63)64)78-77-31-45(51(65)55-20-23-75-76(68,69)70)61-53(67)74-29-42-39-14-5-3-12-37(39)38-13-4-6-15-40(38)42;;/h3-7,10-17,24-27,32,42,45H,8,18-23,28-31H2,1H3,(H,55,65)(H,56,66)(H,60,62)(H,61,67)(H,63,64)(H,57,58,59)(H2,68,69,70);;. The smallest absolute Gasteiger partial charge is 0.469 e. The minimum atomic E-state index is -4.79. The molecule has 4 amide bonds. The molecule has 0 radical (unpaired) electrons. The number of ether oxygens (including phenoxy) is 4. The number of halogens is 1. The predicted molar refractivity (Wildman–Crippen MR) is 297 cm³/mol. The van der Waals surface area contributed by atoms with E-state index in [2.05, 4.69) is 68.8 Å². The van der Waals surface area contributed by atoms with Crippen LogP contribution in [0.15, 0.2) is 119 Å². The van der Waals surface area contributed by atoms with Gasteiger partial charge >= 0.3 is 26.0 Å². The number of phosphoric ester groups is 1. The van der Waals surface area contributed by atoms with Gasteiger partial charge in [0.25, 0.3) is 5.91 Å². The van der Waals surface area contributed by atoms with E-state index in [0.29, 0.717) is 50.6 Å². The van der Waals surface area contributed by atoms with Crippen molar-refractivity contribution < 1.29 is 66.9 Å². The second kappa shape index (κ2) is 30.1. The first-order valence-corrected chi connectivity index (χ1v) is 28.7. The molecular formula is C53H53BrFm2N7O14PS2. The third kappa shape index (κ3) is 18.2. The van der Waals surface area contributed by atoms with Gasteiger partial charge in [0.1, 0.15) is 43.8 Å². The Labute approximate surface area is 464 Å². The molecule has 0 spiro atoms. The average molecular weight is 1700 g/mol. The van der Waals surface area contributed by atoms with Crippen LogP contribution in [0.3, 0.4) is 0 Å². The van der Waals surface area contributed by atoms with Crippen molar-refractivity contribution in [1.82, 2.24) is 25.9 Å². The molecule has 1 aliphatic rings. The Morgan fingerprint density at radius 2 is 1.59 bits per heavy atom. The SMILES string of the molecule is CC#CC(=O)Nc1cc2c(Nc3cccc(Br)c3)ncnc2cc1OCCCNC(=O)OCc1ccc(SSCC(NC(=O)OCC2c3ccccc3-c3ccccc32)C(=O)NCCOP(=O)(O)O)c(CCOCC(=O)O)c1.[Fm].[Fm]. The van der Waals surface area contributed by atoms with Gasteiger partial charge < -0.3 is 60.4 Å². The van der Waals surface area contributed by atoms with Crippen molar-refractivity contribution in [2.45, 2.75) is 43.2 Å². The first-order chi connectivity index (χ1) is 37.6. The number of carbonyl (C=O) groups excluding carboxylic acids is 4. The van der Waals surface area contributed by atoms with Crippen LogP contribution in [-0.4, -0.2) is 113 Å². The molecule has 80 heavy (non-hydrogen) atoms. The summed E-state index contributed by atoms with van der Waals surface area (Å²) in [6.45, 7) is 0.494. The van der Waals surface area contributed by atoms with E-state index in [-0.39, 0.29) is 57.6 Å². The molecule has 1 unspecified atom stereocenters. The van der Waals surface area contributed by atoms with E-state index < -0.39 is 57.0 Å². The number of anilines is 3. The quantitative estimate of drug-likeness (QED) is 0.0104. The average Bonchev–Trinajstić information content (AvgIpc) is 3.81. The Bertz CT molecular complexity index is 3220. The Morgan fingerprint density at radius 3 is 2.30 bits per heavy atom. The van der Waals surface area contributed by atoms with Gasteiger partial charge in [-0.3, -0.25) is 14.1 Å². The van der Waals surface area contributed by atoms with Crippen LogP contribution < -0.4 is 31.3 Å². The first kappa shape index (κ1) is 61.7. The predicted octanol–water partition coefficient (Wildman–Crippen LogP) is 8.31. The second-order valence-corrected chi connectivity index (χ2v) is 21.4. The zero-order valence-electron chi connectivity index (χ0n) is 42.3. The van der Waals surface area contributed by atoms with E-state index >= 15 is 0 Å². The molecule has 27 heteroatoms. The topological polar surface area (TPSA) is 295 Å². The van der Waals surface area contributed by atoms with Crippen LogP contribution in [0.25, 0.3) is 22.0 Å². The van der Waals surface area contributed by atoms with Gasteiger partial charge in [-0.25, -0.2) is 28.9 Å². The van der Waals surface area contributed by atoms with Crippen molar-refractivity contribution in [3.05, 3.63) is 136 Å². The van der Waals surface area contributed by atoms with Crippen LogP contribution >= 0.6 is 45.3 Å². The van der Waals surface area contributed by atoms with Gasteiger partial charge in [0.2, 0.25) is 5.91 Å². The molecule has 21 nitrogen and oxygen atoms in total. The fourth-order valence-electron chi connectivity index (χ4n) is 7.95. The molecule has 1 atom stereocenters. The fraction of sp³-hybridized carbons (Fsp3) is 0.264. The summed E-state index contributed by atoms with van der Waals surface area (Å²) in [6.07, 6.45) is 0.478. The van der Waals surface area contributed by atoms with Gasteiger partial charge in [0.15, 0.2) is 0 Å². The van der Waals surface area contributed by atoms with Gasteiger partial charge in [-0.05, 0) is 89.4 Å². The van der Waals surface area contributed by atoms with E-state index in [4.69, 9.17) is 33.8 Å². The third-order valence-electron chi connectivity index (χ3n) is 11.4. The third-order valence-corrected chi connectivity index (χ3v) is 14.9. The van der Waals surface area contributed by atoms with Crippen molar-refractivity contribution in [3.8, 4) is 28.7 Å². The molecule has 8 N–H and O–H groups in total. The number of amides is 4. The molecule has 0 fully saturated rings. The van der Waals surface area contributed by atoms with E-state index in [1.807, 2.05) is 72.8 Å². The number of aliphatic carboxylic acids is 1. The van der Waals surface area contributed by atoms with Crippen molar-refractivity contribution >= 4 is 103 Å². The van der Waals surface area contributed by atoms with E-state index in [0.717, 1.165) is 32.4 Å². The summed E-state index contributed by atoms with van der Waals surface area (Å²) < 4.78 is 39.1. The molecule has 5 aromatic carbocycles. The summed E-state index contributed by atoms with van der Waals surface area (Å²) in [5.41, 5.74) is 7.07. The first-order valence-electron chi connectivity index (χ1n) is 24.0. The number of carboxylic acid groups (broad SMARTS) is 1. The number of nitrogens with zero attached hydrogens (tertiary/aromatic N) is 2. The largest absolute Gasteiger partial charge is 0.491 e. The molecule has 432 valence electrons. The van der Waals surface area contributed by atoms with Crippen LogP contribution in [0.1, 0.15) is 41.5 Å². The number of hydrogen-bond acceptors (Lipinski definition) is 16. The number of nitrogens with one attached hydrogen (secondary N) is 5. The van der Waals surface area contributed by atoms with Crippen molar-refractivity contribution in [1.29, 1.82) is 0 Å². The number of alkyl carbamates (subject to hydrolysis) is 2. The number of phosphoric acid groups is 1. The van der Waals surface area contributed by atoms with Gasteiger partial charge in [0.05, 0.1) is 31.0 Å².